The van der Waals surface area contributed by atoms with E-state index >= 15 is 0 Å². The van der Waals surface area contributed by atoms with E-state index < -0.39 is 6.16 Å². The van der Waals surface area contributed by atoms with Crippen LogP contribution >= 0.6 is 0 Å². The summed E-state index contributed by atoms with van der Waals surface area (Å²) >= 11 is 0. The summed E-state index contributed by atoms with van der Waals surface area (Å²) in [6.07, 6.45) is 1.18. The van der Waals surface area contributed by atoms with Crippen LogP contribution in [-0.4, -0.2) is 38.1 Å². The molecule has 2 aliphatic heterocycles. The van der Waals surface area contributed by atoms with Gasteiger partial charge >= 0.3 is 6.16 Å². The predicted molar refractivity (Wildman–Crippen MR) is 169 cm³/mol. The molecule has 0 saturated heterocycles. The Labute approximate surface area is 258 Å². The molecule has 0 fully saturated rings. The first-order valence-corrected chi connectivity index (χ1v) is 14.4. The highest BCUT2D eigenvalue weighted by molar-refractivity contribution is 5.88. The third kappa shape index (κ3) is 4.69. The number of hydrogen-bond acceptors (Lipinski definition) is 8. The number of nitrogens with zero attached hydrogens (tertiary/aromatic N) is 6. The standard InChI is InChI=1S/C35H26N6O4/c1-23-27-21-36-29-17-9-11-19-31(29)42-35(44-33(27)40(38-23)25-13-5-3-6-14-25)43-32-20-12-10-18-30(32)37-22-28-24(2)39-41(34(28)45-35)26-15-7-4-8-16-26/h3-22H,1-2H3/b36-21+,37-22+. The van der Waals surface area contributed by atoms with E-state index in [4.69, 9.17) is 39.1 Å². The van der Waals surface area contributed by atoms with Gasteiger partial charge in [-0.05, 0) is 62.4 Å². The van der Waals surface area contributed by atoms with Crippen LogP contribution in [0.15, 0.2) is 119 Å². The van der Waals surface area contributed by atoms with Gasteiger partial charge in [-0.25, -0.2) is 0 Å². The third-order valence-corrected chi connectivity index (χ3v) is 7.44. The van der Waals surface area contributed by atoms with Gasteiger partial charge in [0.15, 0.2) is 11.5 Å². The van der Waals surface area contributed by atoms with Crippen LogP contribution in [0.1, 0.15) is 22.5 Å². The topological polar surface area (TPSA) is 97.3 Å². The van der Waals surface area contributed by atoms with Crippen LogP contribution in [0.2, 0.25) is 0 Å². The van der Waals surface area contributed by atoms with Crippen molar-refractivity contribution in [2.24, 2.45) is 9.98 Å². The molecule has 0 unspecified atom stereocenters. The van der Waals surface area contributed by atoms with E-state index in [2.05, 4.69) is 0 Å². The van der Waals surface area contributed by atoms with Crippen LogP contribution in [0.4, 0.5) is 11.4 Å². The largest absolute Gasteiger partial charge is 0.613 e. The van der Waals surface area contributed by atoms with Crippen LogP contribution in [0.3, 0.4) is 0 Å². The molecule has 0 N–H and O–H groups in total. The summed E-state index contributed by atoms with van der Waals surface area (Å²) in [4.78, 5) is 9.55. The Kier molecular flexibility index (Phi) is 6.19. The van der Waals surface area contributed by atoms with Crippen molar-refractivity contribution in [1.29, 1.82) is 0 Å². The lowest BCUT2D eigenvalue weighted by Gasteiger charge is -2.32. The lowest BCUT2D eigenvalue weighted by atomic mass is 10.2. The lowest BCUT2D eigenvalue weighted by Crippen LogP contribution is -2.54. The number of ether oxygens (including phenoxy) is 4. The molecule has 2 aliphatic rings. The van der Waals surface area contributed by atoms with E-state index in [1.54, 1.807) is 33.9 Å². The lowest BCUT2D eigenvalue weighted by molar-refractivity contribution is -0.369. The summed E-state index contributed by atoms with van der Waals surface area (Å²) in [5.74, 6) is 1.35. The fourth-order valence-corrected chi connectivity index (χ4v) is 5.22. The zero-order chi connectivity index (χ0) is 30.4. The first-order valence-electron chi connectivity index (χ1n) is 14.4. The van der Waals surface area contributed by atoms with Crippen molar-refractivity contribution < 1.29 is 18.9 Å². The number of fused-ring (bicyclic) bond motifs is 4. The molecule has 8 rings (SSSR count). The van der Waals surface area contributed by atoms with Crippen molar-refractivity contribution >= 4 is 23.8 Å². The summed E-state index contributed by atoms with van der Waals surface area (Å²) in [5, 5.41) is 9.64. The molecule has 4 heterocycles. The van der Waals surface area contributed by atoms with Gasteiger partial charge in [0.25, 0.3) is 0 Å². The fraction of sp³-hybridized carbons (Fsp3) is 0.0857. The van der Waals surface area contributed by atoms with Gasteiger partial charge in [0.2, 0.25) is 11.8 Å². The van der Waals surface area contributed by atoms with Crippen molar-refractivity contribution in [3.63, 3.8) is 0 Å². The molecule has 0 saturated carbocycles. The second-order valence-electron chi connectivity index (χ2n) is 10.5. The van der Waals surface area contributed by atoms with Gasteiger partial charge in [-0.1, -0.05) is 60.7 Å². The molecule has 0 amide bonds. The monoisotopic (exact) mass is 594 g/mol. The maximum absolute atomic E-state index is 6.86. The number of aliphatic imine (C=N–C) groups is 2. The summed E-state index contributed by atoms with van der Waals surface area (Å²) in [7, 11) is 0. The van der Waals surface area contributed by atoms with Gasteiger partial charge in [0, 0.05) is 12.4 Å². The quantitative estimate of drug-likeness (QED) is 0.214. The van der Waals surface area contributed by atoms with Crippen molar-refractivity contribution in [2.45, 2.75) is 20.0 Å². The van der Waals surface area contributed by atoms with Gasteiger partial charge < -0.3 is 18.9 Å². The Morgan fingerprint density at radius 2 is 0.889 bits per heavy atom. The Morgan fingerprint density at radius 1 is 0.489 bits per heavy atom. The molecular formula is C35H26N6O4. The number of aryl methyl sites for hydroxylation is 2. The second kappa shape index (κ2) is 10.5. The van der Waals surface area contributed by atoms with E-state index in [0.29, 0.717) is 57.1 Å². The first-order chi connectivity index (χ1) is 22.1. The van der Waals surface area contributed by atoms with E-state index in [1.807, 2.05) is 111 Å². The Hall–Kier alpha value is -6.16. The van der Waals surface area contributed by atoms with Crippen LogP contribution < -0.4 is 18.9 Å². The molecule has 1 spiro atoms. The van der Waals surface area contributed by atoms with Gasteiger partial charge in [-0.2, -0.15) is 19.6 Å². The van der Waals surface area contributed by atoms with E-state index in [9.17, 15) is 0 Å². The van der Waals surface area contributed by atoms with Crippen molar-refractivity contribution in [1.82, 2.24) is 19.6 Å². The van der Waals surface area contributed by atoms with Crippen molar-refractivity contribution in [3.8, 4) is 34.6 Å². The average Bonchev–Trinajstić information content (AvgIpc) is 3.58. The third-order valence-electron chi connectivity index (χ3n) is 7.44. The normalized spacial score (nSPS) is 15.7. The molecule has 4 aromatic carbocycles. The molecule has 45 heavy (non-hydrogen) atoms. The Bertz CT molecular complexity index is 1950. The average molecular weight is 595 g/mol. The number of rotatable bonds is 2. The summed E-state index contributed by atoms with van der Waals surface area (Å²) in [5.41, 5.74) is 5.25. The molecule has 10 heteroatoms. The predicted octanol–water partition coefficient (Wildman–Crippen LogP) is 7.03. The van der Waals surface area contributed by atoms with E-state index in [1.165, 1.54) is 0 Å². The van der Waals surface area contributed by atoms with Crippen molar-refractivity contribution in [3.05, 3.63) is 132 Å². The van der Waals surface area contributed by atoms with Crippen LogP contribution in [0.5, 0.6) is 23.3 Å². The smallest absolute Gasteiger partial charge is 0.384 e. The molecule has 0 bridgehead atoms. The molecule has 6 aromatic rings. The highest BCUT2D eigenvalue weighted by atomic mass is 17.0. The maximum Gasteiger partial charge on any atom is 0.613 e. The summed E-state index contributed by atoms with van der Waals surface area (Å²) in [6.45, 7) is 3.79. The van der Waals surface area contributed by atoms with E-state index in [0.717, 1.165) is 11.4 Å². The van der Waals surface area contributed by atoms with Crippen LogP contribution in [0.25, 0.3) is 11.4 Å². The number of aromatic nitrogens is 4. The Morgan fingerprint density at radius 3 is 1.33 bits per heavy atom. The van der Waals surface area contributed by atoms with Gasteiger partial charge in [0.05, 0.1) is 33.9 Å². The minimum Gasteiger partial charge on any atom is -0.384 e. The zero-order valence-electron chi connectivity index (χ0n) is 24.4. The highest BCUT2D eigenvalue weighted by Crippen LogP contribution is 2.41. The molecule has 0 aliphatic carbocycles. The van der Waals surface area contributed by atoms with Gasteiger partial charge in [0.1, 0.15) is 11.4 Å². The van der Waals surface area contributed by atoms with Crippen molar-refractivity contribution in [2.75, 3.05) is 0 Å². The van der Waals surface area contributed by atoms with E-state index in [-0.39, 0.29) is 0 Å². The molecule has 0 radical (unpaired) electrons. The summed E-state index contributed by atoms with van der Waals surface area (Å²) in [6, 6.07) is 34.0. The van der Waals surface area contributed by atoms with Gasteiger partial charge in [-0.15, -0.1) is 0 Å². The second-order valence-corrected chi connectivity index (χ2v) is 10.5. The maximum atomic E-state index is 6.86. The summed E-state index contributed by atoms with van der Waals surface area (Å²) < 4.78 is 30.5. The molecular weight excluding hydrogens is 568 g/mol. The zero-order valence-corrected chi connectivity index (χ0v) is 24.4. The minimum absolute atomic E-state index is 0.303. The van der Waals surface area contributed by atoms with Gasteiger partial charge in [-0.3, -0.25) is 9.98 Å². The first kappa shape index (κ1) is 26.5. The minimum atomic E-state index is -2.25. The van der Waals surface area contributed by atoms with Crippen LogP contribution in [0, 0.1) is 13.8 Å². The molecule has 10 nitrogen and oxygen atoms in total. The highest BCUT2D eigenvalue weighted by Gasteiger charge is 2.49. The SMILES string of the molecule is Cc1nn(-c2ccccc2)c2c1/C=N/c1ccccc1OC1(Oc3ccccc3/N=C/c3c(C)nn(-c4ccccc4)c3O1)O2. The number of benzene rings is 4. The molecule has 0 atom stereocenters. The fourth-order valence-electron chi connectivity index (χ4n) is 5.22. The number of para-hydroxylation sites is 6. The Balaban J connectivity index is 1.41. The van der Waals surface area contributed by atoms with Crippen LogP contribution in [-0.2, 0) is 0 Å². The number of hydrogen-bond donors (Lipinski definition) is 0. The molecule has 2 aromatic heterocycles. The molecule has 220 valence electrons.